The maximum absolute atomic E-state index is 12.5. The predicted octanol–water partition coefficient (Wildman–Crippen LogP) is 2.41. The first-order chi connectivity index (χ1) is 12.2. The molecular weight excluding hydrogens is 316 g/mol. The number of carbonyl (C=O) groups excluding carboxylic acids is 1. The lowest BCUT2D eigenvalue weighted by Gasteiger charge is -2.05. The molecule has 7 heteroatoms. The van der Waals surface area contributed by atoms with Crippen molar-refractivity contribution in [3.05, 3.63) is 78.1 Å². The van der Waals surface area contributed by atoms with Gasteiger partial charge in [-0.2, -0.15) is 10.2 Å². The summed E-state index contributed by atoms with van der Waals surface area (Å²) in [7, 11) is 0. The Morgan fingerprint density at radius 3 is 2.72 bits per heavy atom. The third-order valence-electron chi connectivity index (χ3n) is 3.91. The molecule has 0 aliphatic heterocycles. The molecule has 7 nitrogen and oxygen atoms in total. The van der Waals surface area contributed by atoms with Crippen LogP contribution < -0.4 is 11.1 Å². The van der Waals surface area contributed by atoms with E-state index in [0.29, 0.717) is 23.7 Å². The van der Waals surface area contributed by atoms with E-state index in [-0.39, 0.29) is 5.91 Å². The Labute approximate surface area is 143 Å². The average molecular weight is 332 g/mol. The largest absolute Gasteiger partial charge is 0.383 e. The third-order valence-corrected chi connectivity index (χ3v) is 3.91. The highest BCUT2D eigenvalue weighted by molar-refractivity contribution is 6.06. The lowest BCUT2D eigenvalue weighted by Crippen LogP contribution is -2.15. The van der Waals surface area contributed by atoms with Crippen molar-refractivity contribution in [2.24, 2.45) is 0 Å². The van der Waals surface area contributed by atoms with E-state index < -0.39 is 0 Å². The molecular formula is C18H16N6O. The topological polar surface area (TPSA) is 90.2 Å². The van der Waals surface area contributed by atoms with Crippen LogP contribution in [-0.4, -0.2) is 25.3 Å². The van der Waals surface area contributed by atoms with E-state index >= 15 is 0 Å². The number of carbonyl (C=O) groups is 1. The molecule has 0 atom stereocenters. The van der Waals surface area contributed by atoms with Crippen molar-refractivity contribution in [3.63, 3.8) is 0 Å². The Morgan fingerprint density at radius 1 is 1.12 bits per heavy atom. The molecule has 0 radical (unpaired) electrons. The summed E-state index contributed by atoms with van der Waals surface area (Å²) in [6, 6.07) is 17.3. The predicted molar refractivity (Wildman–Crippen MR) is 95.3 cm³/mol. The number of nitrogens with two attached hydrogens (primary N) is 1. The van der Waals surface area contributed by atoms with E-state index in [1.165, 1.54) is 6.20 Å². The minimum absolute atomic E-state index is 0.324. The Morgan fingerprint density at radius 2 is 1.92 bits per heavy atom. The van der Waals surface area contributed by atoms with E-state index in [0.717, 1.165) is 11.1 Å². The fourth-order valence-electron chi connectivity index (χ4n) is 2.63. The van der Waals surface area contributed by atoms with Gasteiger partial charge in [0.1, 0.15) is 11.4 Å². The zero-order valence-electron chi connectivity index (χ0n) is 13.3. The molecule has 0 aliphatic carbocycles. The molecule has 0 fully saturated rings. The van der Waals surface area contributed by atoms with Crippen molar-refractivity contribution < 1.29 is 4.79 Å². The monoisotopic (exact) mass is 332 g/mol. The van der Waals surface area contributed by atoms with Crippen molar-refractivity contribution in [1.29, 1.82) is 0 Å². The summed E-state index contributed by atoms with van der Waals surface area (Å²) < 4.78 is 3.30. The molecule has 25 heavy (non-hydrogen) atoms. The van der Waals surface area contributed by atoms with Gasteiger partial charge in [0.25, 0.3) is 5.91 Å². The molecule has 3 N–H and O–H groups in total. The quantitative estimate of drug-likeness (QED) is 0.600. The summed E-state index contributed by atoms with van der Waals surface area (Å²) in [6.07, 6.45) is 3.29. The summed E-state index contributed by atoms with van der Waals surface area (Å²) in [5, 5.41) is 11.3. The van der Waals surface area contributed by atoms with Gasteiger partial charge in [0.15, 0.2) is 5.82 Å². The Hall–Kier alpha value is -3.61. The van der Waals surface area contributed by atoms with Crippen molar-refractivity contribution in [1.82, 2.24) is 19.4 Å². The number of rotatable bonds is 4. The maximum Gasteiger partial charge on any atom is 0.262 e. The molecule has 1 aromatic carbocycles. The van der Waals surface area contributed by atoms with Crippen LogP contribution in [0.3, 0.4) is 0 Å². The molecule has 1 amide bonds. The van der Waals surface area contributed by atoms with Gasteiger partial charge in [-0.15, -0.1) is 0 Å². The lowest BCUT2D eigenvalue weighted by atomic mass is 10.2. The second-order valence-electron chi connectivity index (χ2n) is 5.64. The Bertz CT molecular complexity index is 1000. The van der Waals surface area contributed by atoms with E-state index in [4.69, 9.17) is 5.73 Å². The first kappa shape index (κ1) is 14.9. The second-order valence-corrected chi connectivity index (χ2v) is 5.64. The van der Waals surface area contributed by atoms with Crippen LogP contribution in [0.2, 0.25) is 0 Å². The van der Waals surface area contributed by atoms with Gasteiger partial charge in [-0.3, -0.25) is 4.79 Å². The van der Waals surface area contributed by atoms with Gasteiger partial charge in [0.05, 0.1) is 18.3 Å². The van der Waals surface area contributed by atoms with Gasteiger partial charge in [-0.25, -0.2) is 9.20 Å². The number of anilines is 2. The maximum atomic E-state index is 12.5. The number of hydrogen-bond acceptors (Lipinski definition) is 4. The fourth-order valence-corrected chi connectivity index (χ4v) is 2.63. The number of nitrogens with zero attached hydrogens (tertiary/aromatic N) is 4. The molecule has 0 saturated heterocycles. The molecule has 3 heterocycles. The van der Waals surface area contributed by atoms with Crippen molar-refractivity contribution in [2.75, 3.05) is 11.1 Å². The molecule has 0 aliphatic rings. The van der Waals surface area contributed by atoms with Crippen LogP contribution in [0.1, 0.15) is 15.9 Å². The van der Waals surface area contributed by atoms with E-state index in [2.05, 4.69) is 15.5 Å². The summed E-state index contributed by atoms with van der Waals surface area (Å²) in [6.45, 7) is 0.508. The standard InChI is InChI=1S/C18H16N6O/c19-17-15(11-20-24(17)12-13-6-2-1-3-7-13)18(25)21-16-10-14-8-4-5-9-23(14)22-16/h1-11H,12,19H2,(H,21,22,25). The van der Waals surface area contributed by atoms with Crippen LogP contribution >= 0.6 is 0 Å². The molecule has 0 saturated carbocycles. The van der Waals surface area contributed by atoms with Crippen molar-refractivity contribution >= 4 is 23.1 Å². The lowest BCUT2D eigenvalue weighted by molar-refractivity contribution is 0.102. The summed E-state index contributed by atoms with van der Waals surface area (Å²) in [4.78, 5) is 12.5. The normalized spacial score (nSPS) is 10.9. The molecule has 4 rings (SSSR count). The van der Waals surface area contributed by atoms with Crippen molar-refractivity contribution in [3.8, 4) is 0 Å². The zero-order chi connectivity index (χ0) is 17.2. The molecule has 0 unspecified atom stereocenters. The molecule has 0 spiro atoms. The van der Waals surface area contributed by atoms with Gasteiger partial charge in [0.2, 0.25) is 0 Å². The number of fused-ring (bicyclic) bond motifs is 1. The smallest absolute Gasteiger partial charge is 0.262 e. The molecule has 3 aromatic heterocycles. The minimum atomic E-state index is -0.333. The van der Waals surface area contributed by atoms with E-state index in [1.54, 1.807) is 15.3 Å². The highest BCUT2D eigenvalue weighted by Gasteiger charge is 2.16. The SMILES string of the molecule is Nc1c(C(=O)Nc2cc3ccccn3n2)cnn1Cc1ccccc1. The number of nitrogens with one attached hydrogen (secondary N) is 1. The minimum Gasteiger partial charge on any atom is -0.383 e. The van der Waals surface area contributed by atoms with Crippen LogP contribution in [0.25, 0.3) is 5.52 Å². The third kappa shape index (κ3) is 2.94. The number of pyridine rings is 1. The van der Waals surface area contributed by atoms with Crippen molar-refractivity contribution in [2.45, 2.75) is 6.54 Å². The van der Waals surface area contributed by atoms with Crippen LogP contribution in [0, 0.1) is 0 Å². The average Bonchev–Trinajstić information content (AvgIpc) is 3.19. The summed E-state index contributed by atoms with van der Waals surface area (Å²) >= 11 is 0. The van der Waals surface area contributed by atoms with E-state index in [9.17, 15) is 4.79 Å². The van der Waals surface area contributed by atoms with Gasteiger partial charge in [-0.05, 0) is 17.7 Å². The van der Waals surface area contributed by atoms with Crippen LogP contribution in [-0.2, 0) is 6.54 Å². The van der Waals surface area contributed by atoms with Gasteiger partial charge < -0.3 is 11.1 Å². The van der Waals surface area contributed by atoms with Gasteiger partial charge in [0, 0.05) is 12.3 Å². The molecule has 4 aromatic rings. The molecule has 0 bridgehead atoms. The second kappa shape index (κ2) is 6.12. The number of benzene rings is 1. The van der Waals surface area contributed by atoms with Gasteiger partial charge >= 0.3 is 0 Å². The zero-order valence-corrected chi connectivity index (χ0v) is 13.3. The van der Waals surface area contributed by atoms with Gasteiger partial charge in [-0.1, -0.05) is 36.4 Å². The summed E-state index contributed by atoms with van der Waals surface area (Å²) in [5.74, 6) is 0.455. The number of amides is 1. The highest BCUT2D eigenvalue weighted by atomic mass is 16.1. The summed E-state index contributed by atoms with van der Waals surface area (Å²) in [5.41, 5.74) is 8.38. The highest BCUT2D eigenvalue weighted by Crippen LogP contribution is 2.16. The first-order valence-corrected chi connectivity index (χ1v) is 7.82. The number of aromatic nitrogens is 4. The van der Waals surface area contributed by atoms with Crippen LogP contribution in [0.5, 0.6) is 0 Å². The van der Waals surface area contributed by atoms with Crippen LogP contribution in [0.15, 0.2) is 67.0 Å². The first-order valence-electron chi connectivity index (χ1n) is 7.82. The van der Waals surface area contributed by atoms with E-state index in [1.807, 2.05) is 54.7 Å². The molecule has 124 valence electrons. The fraction of sp³-hybridized carbons (Fsp3) is 0.0556. The Kier molecular flexibility index (Phi) is 3.66. The van der Waals surface area contributed by atoms with Crippen LogP contribution in [0.4, 0.5) is 11.6 Å². The Balaban J connectivity index is 1.54. The number of nitrogen functional groups attached to an aromatic ring is 1. The number of hydrogen-bond donors (Lipinski definition) is 2.